The van der Waals surface area contributed by atoms with Crippen molar-refractivity contribution in [1.82, 2.24) is 10.2 Å². The summed E-state index contributed by atoms with van der Waals surface area (Å²) in [6.45, 7) is 5.47. The molecule has 1 atom stereocenters. The van der Waals surface area contributed by atoms with Gasteiger partial charge in [-0.25, -0.2) is 0 Å². The van der Waals surface area contributed by atoms with Gasteiger partial charge >= 0.3 is 0 Å². The average molecular weight is 380 g/mol. The van der Waals surface area contributed by atoms with Gasteiger partial charge in [-0.05, 0) is 61.6 Å². The number of benzene rings is 1. The molecule has 5 nitrogen and oxygen atoms in total. The van der Waals surface area contributed by atoms with Crippen LogP contribution in [0.25, 0.3) is 0 Å². The monoisotopic (exact) mass is 380 g/mol. The highest BCUT2D eigenvalue weighted by atomic mass is 16.3. The summed E-state index contributed by atoms with van der Waals surface area (Å²) >= 11 is 0. The van der Waals surface area contributed by atoms with E-state index in [1.165, 1.54) is 17.4 Å². The zero-order chi connectivity index (χ0) is 19.7. The number of hydrogen-bond acceptors (Lipinski definition) is 3. The zero-order valence-electron chi connectivity index (χ0n) is 16.6. The molecule has 1 saturated heterocycles. The Kier molecular flexibility index (Phi) is 5.00. The highest BCUT2D eigenvalue weighted by Gasteiger charge is 2.46. The second-order valence-electron chi connectivity index (χ2n) is 8.50. The molecule has 2 aliphatic rings. The van der Waals surface area contributed by atoms with Gasteiger partial charge in [0.15, 0.2) is 0 Å². The number of nitrogens with zero attached hydrogens (tertiary/aromatic N) is 1. The third-order valence-corrected chi connectivity index (χ3v) is 6.27. The molecule has 1 aliphatic carbocycles. The molecule has 2 heterocycles. The van der Waals surface area contributed by atoms with Crippen LogP contribution in [-0.4, -0.2) is 35.8 Å². The minimum Gasteiger partial charge on any atom is -0.472 e. The molecule has 28 heavy (non-hydrogen) atoms. The topological polar surface area (TPSA) is 62.6 Å². The van der Waals surface area contributed by atoms with Gasteiger partial charge in [0.2, 0.25) is 5.91 Å². The van der Waals surface area contributed by atoms with Crippen LogP contribution < -0.4 is 5.32 Å². The Hall–Kier alpha value is -2.56. The van der Waals surface area contributed by atoms with Crippen molar-refractivity contribution in [3.63, 3.8) is 0 Å². The number of fused-ring (bicyclic) bond motifs is 2. The predicted molar refractivity (Wildman–Crippen MR) is 107 cm³/mol. The van der Waals surface area contributed by atoms with E-state index < -0.39 is 0 Å². The van der Waals surface area contributed by atoms with Crippen molar-refractivity contribution in [3.8, 4) is 0 Å². The summed E-state index contributed by atoms with van der Waals surface area (Å²) < 4.78 is 5.06. The van der Waals surface area contributed by atoms with Gasteiger partial charge < -0.3 is 14.6 Å². The number of hydrogen-bond donors (Lipinski definition) is 1. The summed E-state index contributed by atoms with van der Waals surface area (Å²) in [7, 11) is 0. The summed E-state index contributed by atoms with van der Waals surface area (Å²) in [6.07, 6.45) is 6.46. The molecular weight excluding hydrogens is 352 g/mol. The van der Waals surface area contributed by atoms with Crippen molar-refractivity contribution in [2.75, 3.05) is 13.1 Å². The third-order valence-electron chi connectivity index (χ3n) is 6.27. The summed E-state index contributed by atoms with van der Waals surface area (Å²) in [5.41, 5.74) is 3.39. The first-order valence-electron chi connectivity index (χ1n) is 10.2. The lowest BCUT2D eigenvalue weighted by Crippen LogP contribution is -2.44. The first kappa shape index (κ1) is 18.8. The van der Waals surface area contributed by atoms with Gasteiger partial charge in [-0.2, -0.15) is 0 Å². The number of nitrogens with one attached hydrogen (secondary N) is 1. The lowest BCUT2D eigenvalue weighted by Gasteiger charge is -2.40. The molecule has 1 fully saturated rings. The molecule has 5 heteroatoms. The van der Waals surface area contributed by atoms with Crippen LogP contribution in [0.2, 0.25) is 0 Å². The number of carbonyl (C=O) groups is 2. The zero-order valence-corrected chi connectivity index (χ0v) is 16.6. The van der Waals surface area contributed by atoms with Crippen LogP contribution in [0, 0.1) is 0 Å². The van der Waals surface area contributed by atoms with Crippen molar-refractivity contribution in [2.45, 2.75) is 56.9 Å². The lowest BCUT2D eigenvalue weighted by atomic mass is 9.73. The van der Waals surface area contributed by atoms with Crippen molar-refractivity contribution in [1.29, 1.82) is 0 Å². The van der Waals surface area contributed by atoms with Gasteiger partial charge in [0, 0.05) is 25.6 Å². The van der Waals surface area contributed by atoms with E-state index in [9.17, 15) is 9.59 Å². The van der Waals surface area contributed by atoms with Crippen molar-refractivity contribution >= 4 is 11.8 Å². The Morgan fingerprint density at radius 2 is 1.96 bits per heavy atom. The van der Waals surface area contributed by atoms with Crippen molar-refractivity contribution in [2.24, 2.45) is 0 Å². The van der Waals surface area contributed by atoms with E-state index in [-0.39, 0.29) is 29.2 Å². The minimum atomic E-state index is 0.0442. The maximum atomic E-state index is 12.6. The number of likely N-dealkylation sites (tertiary alicyclic amines) is 1. The van der Waals surface area contributed by atoms with Gasteiger partial charge in [-0.3, -0.25) is 9.59 Å². The van der Waals surface area contributed by atoms with Gasteiger partial charge in [-0.15, -0.1) is 0 Å². The van der Waals surface area contributed by atoms with Crippen molar-refractivity contribution in [3.05, 3.63) is 59.5 Å². The summed E-state index contributed by atoms with van der Waals surface area (Å²) in [4.78, 5) is 27.0. The van der Waals surface area contributed by atoms with E-state index >= 15 is 0 Å². The van der Waals surface area contributed by atoms with Crippen LogP contribution in [0.5, 0.6) is 0 Å². The maximum Gasteiger partial charge on any atom is 0.257 e. The van der Waals surface area contributed by atoms with Crippen LogP contribution in [0.3, 0.4) is 0 Å². The highest BCUT2D eigenvalue weighted by Crippen LogP contribution is 2.52. The van der Waals surface area contributed by atoms with E-state index in [4.69, 9.17) is 4.42 Å². The van der Waals surface area contributed by atoms with Crippen LogP contribution in [0.4, 0.5) is 0 Å². The largest absolute Gasteiger partial charge is 0.472 e. The number of rotatable bonds is 4. The smallest absolute Gasteiger partial charge is 0.257 e. The molecule has 0 radical (unpaired) electrons. The maximum absolute atomic E-state index is 12.6. The Balaban J connectivity index is 1.49. The quantitative estimate of drug-likeness (QED) is 0.876. The molecule has 1 spiro atoms. The van der Waals surface area contributed by atoms with Crippen LogP contribution in [-0.2, 0) is 10.2 Å². The molecule has 0 bridgehead atoms. The summed E-state index contributed by atoms with van der Waals surface area (Å²) in [6, 6.07) is 10.5. The molecule has 2 aromatic rings. The summed E-state index contributed by atoms with van der Waals surface area (Å²) in [5.74, 6) is 0.424. The first-order chi connectivity index (χ1) is 13.5. The molecule has 4 rings (SSSR count). The SMILES string of the molecule is CC(C)NC(=O)C[C@H]1CC2(CCN(C(=O)c3ccoc3)CC2)c2ccccc21. The number of carbonyl (C=O) groups excluding carboxylic acids is 2. The summed E-state index contributed by atoms with van der Waals surface area (Å²) in [5, 5.41) is 3.03. The fourth-order valence-corrected chi connectivity index (χ4v) is 4.99. The van der Waals surface area contributed by atoms with Gasteiger partial charge in [0.1, 0.15) is 6.26 Å². The molecule has 1 aliphatic heterocycles. The number of amides is 2. The Morgan fingerprint density at radius 3 is 2.64 bits per heavy atom. The van der Waals surface area contributed by atoms with Crippen LogP contribution in [0.1, 0.15) is 66.9 Å². The van der Waals surface area contributed by atoms with E-state index in [0.717, 1.165) is 32.4 Å². The second kappa shape index (κ2) is 7.46. The molecular formula is C23H28N2O3. The fourth-order valence-electron chi connectivity index (χ4n) is 4.99. The van der Waals surface area contributed by atoms with Gasteiger partial charge in [0.05, 0.1) is 11.8 Å². The number of piperidine rings is 1. The molecule has 1 aromatic heterocycles. The fraction of sp³-hybridized carbons (Fsp3) is 0.478. The first-order valence-corrected chi connectivity index (χ1v) is 10.2. The van der Waals surface area contributed by atoms with Crippen LogP contribution in [0.15, 0.2) is 47.3 Å². The van der Waals surface area contributed by atoms with Crippen molar-refractivity contribution < 1.29 is 14.0 Å². The van der Waals surface area contributed by atoms with E-state index in [0.29, 0.717) is 12.0 Å². The molecule has 1 N–H and O–H groups in total. The minimum absolute atomic E-state index is 0.0442. The molecule has 2 amide bonds. The molecule has 0 saturated carbocycles. The molecule has 1 aromatic carbocycles. The standard InChI is InChI=1S/C23H28N2O3/c1-16(2)24-21(26)13-18-14-23(20-6-4-3-5-19(18)20)8-10-25(11-9-23)22(27)17-7-12-28-15-17/h3-7,12,15-16,18H,8-11,13-14H2,1-2H3,(H,24,26)/t18-/m0/s1. The predicted octanol–water partition coefficient (Wildman–Crippen LogP) is 3.86. The second-order valence-corrected chi connectivity index (χ2v) is 8.50. The Labute approximate surface area is 166 Å². The normalized spacial score (nSPS) is 20.4. The average Bonchev–Trinajstić information content (AvgIpc) is 3.30. The molecule has 0 unspecified atom stereocenters. The third kappa shape index (κ3) is 3.46. The van der Waals surface area contributed by atoms with E-state index in [2.05, 4.69) is 29.6 Å². The number of furan rings is 1. The van der Waals surface area contributed by atoms with E-state index in [1.807, 2.05) is 18.7 Å². The van der Waals surface area contributed by atoms with Crippen LogP contribution >= 0.6 is 0 Å². The lowest BCUT2D eigenvalue weighted by molar-refractivity contribution is -0.122. The molecule has 148 valence electrons. The van der Waals surface area contributed by atoms with Gasteiger partial charge in [0.25, 0.3) is 5.91 Å². The highest BCUT2D eigenvalue weighted by molar-refractivity contribution is 5.93. The van der Waals surface area contributed by atoms with E-state index in [1.54, 1.807) is 12.3 Å². The Morgan fingerprint density at radius 1 is 1.21 bits per heavy atom. The Bertz CT molecular complexity index is 848. The van der Waals surface area contributed by atoms with Gasteiger partial charge in [-0.1, -0.05) is 24.3 Å².